The van der Waals surface area contributed by atoms with E-state index in [1.165, 1.54) is 16.7 Å². The average molecular weight is 239 g/mol. The topological polar surface area (TPSA) is 12.0 Å². The number of hydrogen-bond donors (Lipinski definition) is 1. The number of rotatable bonds is 5. The Labute approximate surface area is 110 Å². The highest BCUT2D eigenvalue weighted by Crippen LogP contribution is 2.19. The minimum Gasteiger partial charge on any atom is -0.314 e. The third kappa shape index (κ3) is 3.71. The van der Waals surface area contributed by atoms with E-state index in [-0.39, 0.29) is 0 Å². The first-order valence-electron chi connectivity index (χ1n) is 6.63. The van der Waals surface area contributed by atoms with Crippen LogP contribution in [0.2, 0.25) is 0 Å². The maximum absolute atomic E-state index is 3.45. The minimum atomic E-state index is 0.558. The lowest BCUT2D eigenvalue weighted by Gasteiger charge is -2.09. The first kappa shape index (κ1) is 12.8. The van der Waals surface area contributed by atoms with Crippen LogP contribution in [0.3, 0.4) is 0 Å². The fourth-order valence-electron chi connectivity index (χ4n) is 2.04. The van der Waals surface area contributed by atoms with Gasteiger partial charge in [0.2, 0.25) is 0 Å². The zero-order valence-electron chi connectivity index (χ0n) is 11.2. The zero-order chi connectivity index (χ0) is 12.8. The fraction of sp³-hybridized carbons (Fsp3) is 0.294. The molecule has 1 nitrogen and oxygen atoms in total. The van der Waals surface area contributed by atoms with Crippen LogP contribution in [0, 0.1) is 0 Å². The van der Waals surface area contributed by atoms with Crippen molar-refractivity contribution >= 4 is 0 Å². The molecule has 0 aliphatic rings. The smallest absolute Gasteiger partial charge is 0.00105 e. The molecule has 0 aliphatic carbocycles. The van der Waals surface area contributed by atoms with Crippen molar-refractivity contribution in [2.75, 3.05) is 6.54 Å². The summed E-state index contributed by atoms with van der Waals surface area (Å²) in [5, 5.41) is 3.45. The van der Waals surface area contributed by atoms with Gasteiger partial charge < -0.3 is 5.32 Å². The summed E-state index contributed by atoms with van der Waals surface area (Å²) in [5.74, 6) is 0. The molecule has 0 saturated carbocycles. The van der Waals surface area contributed by atoms with Gasteiger partial charge in [-0.3, -0.25) is 0 Å². The maximum Gasteiger partial charge on any atom is 0.00105 e. The van der Waals surface area contributed by atoms with E-state index in [9.17, 15) is 0 Å². The molecule has 18 heavy (non-hydrogen) atoms. The van der Waals surface area contributed by atoms with Gasteiger partial charge in [0, 0.05) is 6.04 Å². The summed E-state index contributed by atoms with van der Waals surface area (Å²) in [4.78, 5) is 0. The van der Waals surface area contributed by atoms with E-state index in [0.29, 0.717) is 6.04 Å². The van der Waals surface area contributed by atoms with Crippen LogP contribution in [-0.2, 0) is 6.42 Å². The molecule has 0 radical (unpaired) electrons. The van der Waals surface area contributed by atoms with Crippen molar-refractivity contribution in [2.24, 2.45) is 0 Å². The van der Waals surface area contributed by atoms with Crippen LogP contribution in [0.4, 0.5) is 0 Å². The molecule has 0 unspecified atom stereocenters. The largest absolute Gasteiger partial charge is 0.314 e. The standard InChI is InChI=1S/C17H21N/c1-14(2)18-12-11-15-7-6-10-17(13-15)16-8-4-3-5-9-16/h3-10,13-14,18H,11-12H2,1-2H3. The maximum atomic E-state index is 3.45. The second-order valence-electron chi connectivity index (χ2n) is 4.93. The number of benzene rings is 2. The lowest BCUT2D eigenvalue weighted by molar-refractivity contribution is 0.590. The molecule has 0 amide bonds. The Kier molecular flexibility index (Phi) is 4.54. The Morgan fingerprint density at radius 1 is 0.889 bits per heavy atom. The molecule has 0 atom stereocenters. The van der Waals surface area contributed by atoms with Gasteiger partial charge in [-0.1, -0.05) is 68.4 Å². The first-order valence-corrected chi connectivity index (χ1v) is 6.63. The van der Waals surface area contributed by atoms with E-state index in [1.807, 2.05) is 0 Å². The van der Waals surface area contributed by atoms with E-state index in [4.69, 9.17) is 0 Å². The normalized spacial score (nSPS) is 10.8. The van der Waals surface area contributed by atoms with E-state index >= 15 is 0 Å². The van der Waals surface area contributed by atoms with Crippen LogP contribution < -0.4 is 5.32 Å². The predicted molar refractivity (Wildman–Crippen MR) is 78.7 cm³/mol. The van der Waals surface area contributed by atoms with Gasteiger partial charge in [0.05, 0.1) is 0 Å². The molecule has 0 aromatic heterocycles. The molecular weight excluding hydrogens is 218 g/mol. The fourth-order valence-corrected chi connectivity index (χ4v) is 2.04. The summed E-state index contributed by atoms with van der Waals surface area (Å²) in [6, 6.07) is 19.9. The van der Waals surface area contributed by atoms with Crippen LogP contribution in [0.15, 0.2) is 54.6 Å². The second-order valence-corrected chi connectivity index (χ2v) is 4.93. The molecule has 0 saturated heterocycles. The van der Waals surface area contributed by atoms with Crippen molar-refractivity contribution in [3.8, 4) is 11.1 Å². The van der Waals surface area contributed by atoms with Crippen LogP contribution in [0.1, 0.15) is 19.4 Å². The van der Waals surface area contributed by atoms with E-state index in [0.717, 1.165) is 13.0 Å². The highest BCUT2D eigenvalue weighted by molar-refractivity contribution is 5.63. The Balaban J connectivity index is 2.06. The third-order valence-electron chi connectivity index (χ3n) is 3.00. The van der Waals surface area contributed by atoms with Crippen molar-refractivity contribution in [3.05, 3.63) is 60.2 Å². The molecule has 0 fully saturated rings. The molecule has 2 aromatic rings. The molecule has 1 heteroatoms. The molecule has 2 rings (SSSR count). The summed E-state index contributed by atoms with van der Waals surface area (Å²) in [7, 11) is 0. The summed E-state index contributed by atoms with van der Waals surface area (Å²) >= 11 is 0. The quantitative estimate of drug-likeness (QED) is 0.834. The van der Waals surface area contributed by atoms with Crippen LogP contribution >= 0.6 is 0 Å². The zero-order valence-corrected chi connectivity index (χ0v) is 11.2. The lowest BCUT2D eigenvalue weighted by Crippen LogP contribution is -2.24. The second kappa shape index (κ2) is 6.36. The van der Waals surface area contributed by atoms with Crippen molar-refractivity contribution in [1.29, 1.82) is 0 Å². The summed E-state index contributed by atoms with van der Waals surface area (Å²) in [6.45, 7) is 5.40. The van der Waals surface area contributed by atoms with Crippen molar-refractivity contribution in [3.63, 3.8) is 0 Å². The predicted octanol–water partition coefficient (Wildman–Crippen LogP) is 3.89. The van der Waals surface area contributed by atoms with Gasteiger partial charge in [0.1, 0.15) is 0 Å². The van der Waals surface area contributed by atoms with Gasteiger partial charge in [-0.25, -0.2) is 0 Å². The Morgan fingerprint density at radius 3 is 2.33 bits per heavy atom. The Morgan fingerprint density at radius 2 is 1.61 bits per heavy atom. The Bertz CT molecular complexity index is 474. The molecule has 1 N–H and O–H groups in total. The molecular formula is C17H21N. The average Bonchev–Trinajstić information content (AvgIpc) is 2.40. The molecule has 0 aliphatic heterocycles. The Hall–Kier alpha value is -1.60. The van der Waals surface area contributed by atoms with E-state index in [2.05, 4.69) is 73.8 Å². The summed E-state index contributed by atoms with van der Waals surface area (Å²) in [5.41, 5.74) is 3.98. The van der Waals surface area contributed by atoms with Crippen molar-refractivity contribution in [2.45, 2.75) is 26.3 Å². The summed E-state index contributed by atoms with van der Waals surface area (Å²) in [6.07, 6.45) is 1.08. The SMILES string of the molecule is CC(C)NCCc1cccc(-c2ccccc2)c1. The first-order chi connectivity index (χ1) is 8.75. The van der Waals surface area contributed by atoms with Gasteiger partial charge in [-0.15, -0.1) is 0 Å². The number of nitrogens with one attached hydrogen (secondary N) is 1. The lowest BCUT2D eigenvalue weighted by atomic mass is 10.0. The molecule has 0 bridgehead atoms. The molecule has 2 aromatic carbocycles. The van der Waals surface area contributed by atoms with E-state index in [1.54, 1.807) is 0 Å². The van der Waals surface area contributed by atoms with Gasteiger partial charge in [-0.2, -0.15) is 0 Å². The van der Waals surface area contributed by atoms with Crippen molar-refractivity contribution in [1.82, 2.24) is 5.32 Å². The van der Waals surface area contributed by atoms with Gasteiger partial charge in [0.15, 0.2) is 0 Å². The van der Waals surface area contributed by atoms with Crippen LogP contribution in [0.25, 0.3) is 11.1 Å². The molecule has 0 heterocycles. The van der Waals surface area contributed by atoms with Gasteiger partial charge in [0.25, 0.3) is 0 Å². The van der Waals surface area contributed by atoms with Crippen LogP contribution in [-0.4, -0.2) is 12.6 Å². The van der Waals surface area contributed by atoms with Crippen LogP contribution in [0.5, 0.6) is 0 Å². The highest BCUT2D eigenvalue weighted by atomic mass is 14.9. The molecule has 94 valence electrons. The monoisotopic (exact) mass is 239 g/mol. The van der Waals surface area contributed by atoms with Gasteiger partial charge >= 0.3 is 0 Å². The highest BCUT2D eigenvalue weighted by Gasteiger charge is 1.99. The third-order valence-corrected chi connectivity index (χ3v) is 3.00. The van der Waals surface area contributed by atoms with Crippen molar-refractivity contribution < 1.29 is 0 Å². The van der Waals surface area contributed by atoms with Gasteiger partial charge in [-0.05, 0) is 29.7 Å². The number of hydrogen-bond acceptors (Lipinski definition) is 1. The van der Waals surface area contributed by atoms with E-state index < -0.39 is 0 Å². The molecule has 0 spiro atoms. The summed E-state index contributed by atoms with van der Waals surface area (Å²) < 4.78 is 0. The minimum absolute atomic E-state index is 0.558.